The lowest BCUT2D eigenvalue weighted by atomic mass is 10.1. The van der Waals surface area contributed by atoms with Crippen LogP contribution in [0.15, 0.2) is 42.5 Å². The fraction of sp³-hybridized carbons (Fsp3) is 0.125. The molecule has 0 aliphatic heterocycles. The summed E-state index contributed by atoms with van der Waals surface area (Å²) in [6.07, 6.45) is 0. The molecule has 3 aromatic rings. The van der Waals surface area contributed by atoms with Gasteiger partial charge < -0.3 is 0 Å². The van der Waals surface area contributed by atoms with E-state index in [0.29, 0.717) is 5.56 Å². The highest BCUT2D eigenvalue weighted by Crippen LogP contribution is 2.24. The van der Waals surface area contributed by atoms with Crippen molar-refractivity contribution in [3.8, 4) is 11.8 Å². The van der Waals surface area contributed by atoms with Gasteiger partial charge in [0.25, 0.3) is 0 Å². The average Bonchev–Trinajstić information content (AvgIpc) is 2.78. The summed E-state index contributed by atoms with van der Waals surface area (Å²) in [5.74, 6) is 0. The third-order valence-corrected chi connectivity index (χ3v) is 3.33. The van der Waals surface area contributed by atoms with Gasteiger partial charge in [-0.2, -0.15) is 10.4 Å². The summed E-state index contributed by atoms with van der Waals surface area (Å²) in [6.45, 7) is 4.12. The van der Waals surface area contributed by atoms with E-state index in [1.54, 1.807) is 0 Å². The standard InChI is InChI=1S/C16H13N3/c1-11-4-3-5-15-16(11)12(2)18-19(15)14-8-6-13(10-17)7-9-14/h3-9H,1-2H3. The fourth-order valence-corrected chi connectivity index (χ4v) is 2.43. The van der Waals surface area contributed by atoms with Gasteiger partial charge in [0.1, 0.15) is 0 Å². The number of hydrogen-bond donors (Lipinski definition) is 0. The third-order valence-electron chi connectivity index (χ3n) is 3.33. The lowest BCUT2D eigenvalue weighted by Crippen LogP contribution is -1.96. The minimum absolute atomic E-state index is 0.660. The minimum atomic E-state index is 0.660. The Morgan fingerprint density at radius 1 is 1.05 bits per heavy atom. The Balaban J connectivity index is 2.25. The van der Waals surface area contributed by atoms with E-state index in [0.717, 1.165) is 16.9 Å². The Kier molecular flexibility index (Phi) is 2.57. The zero-order valence-electron chi connectivity index (χ0n) is 10.9. The van der Waals surface area contributed by atoms with Gasteiger partial charge in [0, 0.05) is 5.39 Å². The van der Waals surface area contributed by atoms with Crippen LogP contribution >= 0.6 is 0 Å². The van der Waals surface area contributed by atoms with E-state index in [4.69, 9.17) is 5.26 Å². The minimum Gasteiger partial charge on any atom is -0.233 e. The molecule has 0 aliphatic rings. The highest BCUT2D eigenvalue weighted by atomic mass is 15.3. The normalized spacial score (nSPS) is 10.6. The molecule has 2 aromatic carbocycles. The highest BCUT2D eigenvalue weighted by Gasteiger charge is 2.10. The topological polar surface area (TPSA) is 41.6 Å². The molecule has 1 heterocycles. The molecule has 0 N–H and O–H groups in total. The van der Waals surface area contributed by atoms with Crippen LogP contribution in [-0.2, 0) is 0 Å². The number of hydrogen-bond acceptors (Lipinski definition) is 2. The molecule has 0 unspecified atom stereocenters. The van der Waals surface area contributed by atoms with Crippen molar-refractivity contribution in [2.24, 2.45) is 0 Å². The molecule has 0 amide bonds. The van der Waals surface area contributed by atoms with Crippen LogP contribution in [0.1, 0.15) is 16.8 Å². The van der Waals surface area contributed by atoms with Crippen LogP contribution in [0, 0.1) is 25.2 Å². The molecule has 0 radical (unpaired) electrons. The molecular formula is C16H13N3. The van der Waals surface area contributed by atoms with E-state index in [1.807, 2.05) is 41.9 Å². The van der Waals surface area contributed by atoms with Gasteiger partial charge in [-0.25, -0.2) is 4.68 Å². The maximum Gasteiger partial charge on any atom is 0.0991 e. The summed E-state index contributed by atoms with van der Waals surface area (Å²) in [4.78, 5) is 0. The lowest BCUT2D eigenvalue weighted by molar-refractivity contribution is 0.889. The van der Waals surface area contributed by atoms with E-state index >= 15 is 0 Å². The van der Waals surface area contributed by atoms with Gasteiger partial charge in [-0.3, -0.25) is 0 Å². The second-order valence-corrected chi connectivity index (χ2v) is 4.62. The van der Waals surface area contributed by atoms with Gasteiger partial charge in [0.15, 0.2) is 0 Å². The summed E-state index contributed by atoms with van der Waals surface area (Å²) in [7, 11) is 0. The molecule has 1 aromatic heterocycles. The first-order valence-electron chi connectivity index (χ1n) is 6.16. The molecule has 0 bridgehead atoms. The van der Waals surface area contributed by atoms with Crippen molar-refractivity contribution in [1.29, 1.82) is 5.26 Å². The van der Waals surface area contributed by atoms with Crippen molar-refractivity contribution in [2.45, 2.75) is 13.8 Å². The number of rotatable bonds is 1. The molecule has 0 spiro atoms. The molecule has 3 rings (SSSR count). The zero-order chi connectivity index (χ0) is 13.4. The number of benzene rings is 2. The average molecular weight is 247 g/mol. The Morgan fingerprint density at radius 2 is 1.79 bits per heavy atom. The molecule has 3 heteroatoms. The SMILES string of the molecule is Cc1cccc2c1c(C)nn2-c1ccc(C#N)cc1. The third kappa shape index (κ3) is 1.78. The highest BCUT2D eigenvalue weighted by molar-refractivity contribution is 5.86. The van der Waals surface area contributed by atoms with Crippen LogP contribution in [0.3, 0.4) is 0 Å². The first kappa shape index (κ1) is 11.5. The van der Waals surface area contributed by atoms with E-state index in [1.165, 1.54) is 10.9 Å². The summed E-state index contributed by atoms with van der Waals surface area (Å²) < 4.78 is 1.93. The van der Waals surface area contributed by atoms with E-state index < -0.39 is 0 Å². The van der Waals surface area contributed by atoms with Gasteiger partial charge in [-0.1, -0.05) is 12.1 Å². The van der Waals surface area contributed by atoms with Crippen molar-refractivity contribution in [1.82, 2.24) is 9.78 Å². The molecule has 0 fully saturated rings. The second kappa shape index (κ2) is 4.25. The van der Waals surface area contributed by atoms with Crippen LogP contribution in [0.2, 0.25) is 0 Å². The van der Waals surface area contributed by atoms with Crippen molar-refractivity contribution in [3.05, 3.63) is 59.3 Å². The molecule has 3 nitrogen and oxygen atoms in total. The number of nitriles is 1. The maximum atomic E-state index is 8.84. The van der Waals surface area contributed by atoms with Crippen LogP contribution in [0.25, 0.3) is 16.6 Å². The van der Waals surface area contributed by atoms with E-state index in [2.05, 4.69) is 30.2 Å². The molecule has 0 saturated carbocycles. The van der Waals surface area contributed by atoms with Crippen molar-refractivity contribution < 1.29 is 0 Å². The first-order chi connectivity index (χ1) is 9.20. The van der Waals surface area contributed by atoms with Gasteiger partial charge in [-0.05, 0) is 49.7 Å². The lowest BCUT2D eigenvalue weighted by Gasteiger charge is -2.03. The Hall–Kier alpha value is -2.60. The molecular weight excluding hydrogens is 234 g/mol. The second-order valence-electron chi connectivity index (χ2n) is 4.62. The van der Waals surface area contributed by atoms with Crippen molar-refractivity contribution in [3.63, 3.8) is 0 Å². The van der Waals surface area contributed by atoms with Gasteiger partial charge >= 0.3 is 0 Å². The summed E-state index contributed by atoms with van der Waals surface area (Å²) in [5.41, 5.74) is 4.99. The van der Waals surface area contributed by atoms with Crippen LogP contribution in [-0.4, -0.2) is 9.78 Å². The molecule has 19 heavy (non-hydrogen) atoms. The summed E-state index contributed by atoms with van der Waals surface area (Å²) in [6, 6.07) is 15.8. The number of aryl methyl sites for hydroxylation is 2. The molecule has 0 atom stereocenters. The number of nitrogens with zero attached hydrogens (tertiary/aromatic N) is 3. The summed E-state index contributed by atoms with van der Waals surface area (Å²) in [5, 5.41) is 14.6. The monoisotopic (exact) mass is 247 g/mol. The fourth-order valence-electron chi connectivity index (χ4n) is 2.43. The predicted molar refractivity (Wildman–Crippen MR) is 75.3 cm³/mol. The largest absolute Gasteiger partial charge is 0.233 e. The number of aromatic nitrogens is 2. The van der Waals surface area contributed by atoms with Gasteiger partial charge in [0.2, 0.25) is 0 Å². The molecule has 0 saturated heterocycles. The molecule has 0 aliphatic carbocycles. The Labute approximate surface area is 111 Å². The van der Waals surface area contributed by atoms with Gasteiger partial charge in [0.05, 0.1) is 28.5 Å². The summed E-state index contributed by atoms with van der Waals surface area (Å²) >= 11 is 0. The van der Waals surface area contributed by atoms with Crippen LogP contribution in [0.5, 0.6) is 0 Å². The molecule has 92 valence electrons. The Bertz CT molecular complexity index is 789. The van der Waals surface area contributed by atoms with E-state index in [9.17, 15) is 0 Å². The van der Waals surface area contributed by atoms with Crippen molar-refractivity contribution >= 4 is 10.9 Å². The van der Waals surface area contributed by atoms with Crippen molar-refractivity contribution in [2.75, 3.05) is 0 Å². The van der Waals surface area contributed by atoms with Crippen LogP contribution in [0.4, 0.5) is 0 Å². The quantitative estimate of drug-likeness (QED) is 0.660. The first-order valence-corrected chi connectivity index (χ1v) is 6.16. The Morgan fingerprint density at radius 3 is 2.47 bits per heavy atom. The zero-order valence-corrected chi connectivity index (χ0v) is 10.9. The number of fused-ring (bicyclic) bond motifs is 1. The van der Waals surface area contributed by atoms with Crippen LogP contribution < -0.4 is 0 Å². The van der Waals surface area contributed by atoms with Gasteiger partial charge in [-0.15, -0.1) is 0 Å². The smallest absolute Gasteiger partial charge is 0.0991 e. The van der Waals surface area contributed by atoms with E-state index in [-0.39, 0.29) is 0 Å². The predicted octanol–water partition coefficient (Wildman–Crippen LogP) is 3.51. The maximum absolute atomic E-state index is 8.84.